The van der Waals surface area contributed by atoms with Crippen LogP contribution in [-0.4, -0.2) is 26.2 Å². The summed E-state index contributed by atoms with van der Waals surface area (Å²) in [5.41, 5.74) is 1.53. The largest absolute Gasteiger partial charge is 0.467 e. The van der Waals surface area contributed by atoms with Crippen molar-refractivity contribution in [3.8, 4) is 0 Å². The average Bonchev–Trinajstić information content (AvgIpc) is 3.59. The van der Waals surface area contributed by atoms with Crippen LogP contribution in [0.4, 0.5) is 0 Å². The van der Waals surface area contributed by atoms with Gasteiger partial charge in [-0.2, -0.15) is 5.10 Å². The minimum atomic E-state index is -0.454. The molecule has 6 rings (SSSR count). The van der Waals surface area contributed by atoms with Gasteiger partial charge in [0.15, 0.2) is 5.76 Å². The first-order chi connectivity index (χ1) is 16.6. The van der Waals surface area contributed by atoms with Gasteiger partial charge < -0.3 is 8.83 Å². The van der Waals surface area contributed by atoms with Crippen LogP contribution >= 0.6 is 11.6 Å². The molecule has 1 atom stereocenters. The lowest BCUT2D eigenvalue weighted by Gasteiger charge is -2.20. The number of hydrogen-bond donors (Lipinski definition) is 0. The van der Waals surface area contributed by atoms with Crippen LogP contribution in [0, 0.1) is 0 Å². The van der Waals surface area contributed by atoms with E-state index in [0.29, 0.717) is 39.6 Å². The molecule has 0 N–H and O–H groups in total. The highest BCUT2D eigenvalue weighted by atomic mass is 35.5. The fraction of sp³-hybridized carbons (Fsp3) is 0.120. The SMILES string of the molecule is O=C(Cn1cnc2ccc(Cl)cc2c1=O)N1N=C(c2cc3ccccc3o2)CC1c1ccco1. The highest BCUT2D eigenvalue weighted by Crippen LogP contribution is 2.34. The van der Waals surface area contributed by atoms with Crippen molar-refractivity contribution in [1.29, 1.82) is 0 Å². The summed E-state index contributed by atoms with van der Waals surface area (Å²) >= 11 is 6.04. The fourth-order valence-corrected chi connectivity index (χ4v) is 4.35. The molecule has 8 nitrogen and oxygen atoms in total. The Hall–Kier alpha value is -4.17. The van der Waals surface area contributed by atoms with E-state index in [4.69, 9.17) is 20.4 Å². The maximum atomic E-state index is 13.4. The number of rotatable bonds is 4. The van der Waals surface area contributed by atoms with E-state index in [1.54, 1.807) is 36.6 Å². The van der Waals surface area contributed by atoms with Crippen molar-refractivity contribution in [1.82, 2.24) is 14.6 Å². The normalized spacial score (nSPS) is 15.9. The molecule has 1 aliphatic rings. The summed E-state index contributed by atoms with van der Waals surface area (Å²) in [5, 5.41) is 7.66. The van der Waals surface area contributed by atoms with E-state index in [2.05, 4.69) is 10.1 Å². The number of halogens is 1. The summed E-state index contributed by atoms with van der Waals surface area (Å²) in [6, 6.07) is 17.6. The molecule has 1 unspecified atom stereocenters. The number of para-hydroxylation sites is 1. The molecule has 9 heteroatoms. The van der Waals surface area contributed by atoms with Crippen LogP contribution in [0.2, 0.25) is 5.02 Å². The van der Waals surface area contributed by atoms with Gasteiger partial charge in [-0.3, -0.25) is 14.2 Å². The minimum absolute atomic E-state index is 0.234. The number of aromatic nitrogens is 2. The van der Waals surface area contributed by atoms with Crippen LogP contribution in [0.3, 0.4) is 0 Å². The Balaban J connectivity index is 1.36. The molecule has 1 amide bonds. The van der Waals surface area contributed by atoms with Gasteiger partial charge in [0.05, 0.1) is 23.5 Å². The second-order valence-corrected chi connectivity index (χ2v) is 8.44. The third-order valence-electron chi connectivity index (χ3n) is 5.84. The van der Waals surface area contributed by atoms with Gasteiger partial charge in [0.1, 0.15) is 29.6 Å². The molecule has 0 saturated heterocycles. The third-order valence-corrected chi connectivity index (χ3v) is 6.07. The summed E-state index contributed by atoms with van der Waals surface area (Å²) in [5.74, 6) is 0.809. The lowest BCUT2D eigenvalue weighted by Crippen LogP contribution is -2.34. The summed E-state index contributed by atoms with van der Waals surface area (Å²) < 4.78 is 12.8. The van der Waals surface area contributed by atoms with Crippen LogP contribution in [0.5, 0.6) is 0 Å². The van der Waals surface area contributed by atoms with E-state index in [-0.39, 0.29) is 18.0 Å². The van der Waals surface area contributed by atoms with Crippen LogP contribution < -0.4 is 5.56 Å². The lowest BCUT2D eigenvalue weighted by atomic mass is 10.1. The Bertz CT molecular complexity index is 1600. The lowest BCUT2D eigenvalue weighted by molar-refractivity contribution is -0.134. The van der Waals surface area contributed by atoms with Gasteiger partial charge in [0, 0.05) is 16.8 Å². The monoisotopic (exact) mass is 472 g/mol. The first-order valence-electron chi connectivity index (χ1n) is 10.6. The van der Waals surface area contributed by atoms with Crippen molar-refractivity contribution >= 4 is 45.1 Å². The summed E-state index contributed by atoms with van der Waals surface area (Å²) in [6.45, 7) is -0.234. The Labute approximate surface area is 197 Å². The Kier molecular flexibility index (Phi) is 4.81. The van der Waals surface area contributed by atoms with Crippen molar-refractivity contribution in [2.24, 2.45) is 5.10 Å². The summed E-state index contributed by atoms with van der Waals surface area (Å²) in [4.78, 5) is 30.6. The molecule has 168 valence electrons. The summed E-state index contributed by atoms with van der Waals surface area (Å²) in [7, 11) is 0. The van der Waals surface area contributed by atoms with Gasteiger partial charge in [-0.15, -0.1) is 0 Å². The first kappa shape index (κ1) is 20.4. The molecule has 0 aliphatic carbocycles. The van der Waals surface area contributed by atoms with Gasteiger partial charge in [-0.05, 0) is 42.5 Å². The molecule has 1 aliphatic heterocycles. The zero-order chi connectivity index (χ0) is 23.2. The first-order valence-corrected chi connectivity index (χ1v) is 11.0. The van der Waals surface area contributed by atoms with Crippen LogP contribution in [0.25, 0.3) is 21.9 Å². The average molecular weight is 473 g/mol. The van der Waals surface area contributed by atoms with Crippen molar-refractivity contribution in [3.05, 3.63) is 100 Å². The number of benzene rings is 2. The molecular weight excluding hydrogens is 456 g/mol. The minimum Gasteiger partial charge on any atom is -0.467 e. The third kappa shape index (κ3) is 3.48. The Morgan fingerprint density at radius 2 is 2.00 bits per heavy atom. The molecule has 2 aromatic carbocycles. The number of amides is 1. The van der Waals surface area contributed by atoms with Gasteiger partial charge in [-0.1, -0.05) is 29.8 Å². The van der Waals surface area contributed by atoms with Crippen molar-refractivity contribution in [2.75, 3.05) is 0 Å². The smallest absolute Gasteiger partial charge is 0.263 e. The predicted molar refractivity (Wildman–Crippen MR) is 127 cm³/mol. The van der Waals surface area contributed by atoms with E-state index in [1.165, 1.54) is 15.9 Å². The molecule has 3 aromatic heterocycles. The van der Waals surface area contributed by atoms with Gasteiger partial charge in [-0.25, -0.2) is 9.99 Å². The van der Waals surface area contributed by atoms with Crippen molar-refractivity contribution in [2.45, 2.75) is 19.0 Å². The molecule has 4 heterocycles. The maximum Gasteiger partial charge on any atom is 0.263 e. The second-order valence-electron chi connectivity index (χ2n) is 8.01. The van der Waals surface area contributed by atoms with Crippen LogP contribution in [-0.2, 0) is 11.3 Å². The van der Waals surface area contributed by atoms with E-state index < -0.39 is 6.04 Å². The predicted octanol–water partition coefficient (Wildman–Crippen LogP) is 4.77. The number of fused-ring (bicyclic) bond motifs is 2. The van der Waals surface area contributed by atoms with E-state index in [1.807, 2.05) is 30.3 Å². The Morgan fingerprint density at radius 1 is 1.12 bits per heavy atom. The number of carbonyl (C=O) groups excluding carboxylic acids is 1. The molecule has 0 spiro atoms. The van der Waals surface area contributed by atoms with E-state index in [0.717, 1.165) is 11.0 Å². The molecule has 0 bridgehead atoms. The topological polar surface area (TPSA) is 93.8 Å². The fourth-order valence-electron chi connectivity index (χ4n) is 4.18. The zero-order valence-corrected chi connectivity index (χ0v) is 18.5. The molecule has 5 aromatic rings. The maximum absolute atomic E-state index is 13.4. The molecule has 0 radical (unpaired) electrons. The van der Waals surface area contributed by atoms with Crippen LogP contribution in [0.15, 0.2) is 92.0 Å². The Morgan fingerprint density at radius 3 is 2.82 bits per heavy atom. The van der Waals surface area contributed by atoms with Gasteiger partial charge in [0.2, 0.25) is 0 Å². The highest BCUT2D eigenvalue weighted by molar-refractivity contribution is 6.31. The number of carbonyl (C=O) groups is 1. The van der Waals surface area contributed by atoms with E-state index >= 15 is 0 Å². The quantitative estimate of drug-likeness (QED) is 0.375. The molecule has 0 saturated carbocycles. The molecule has 0 fully saturated rings. The van der Waals surface area contributed by atoms with E-state index in [9.17, 15) is 9.59 Å². The molecule has 34 heavy (non-hydrogen) atoms. The number of nitrogens with zero attached hydrogens (tertiary/aromatic N) is 4. The standard InChI is InChI=1S/C25H17ClN4O4/c26-16-7-8-18-17(11-16)25(32)29(14-27-18)13-24(31)30-20(22-6-3-9-33-22)12-19(28-30)23-10-15-4-1-2-5-21(15)34-23/h1-11,14,20H,12-13H2. The zero-order valence-electron chi connectivity index (χ0n) is 17.7. The van der Waals surface area contributed by atoms with Crippen molar-refractivity contribution < 1.29 is 13.6 Å². The summed E-state index contributed by atoms with van der Waals surface area (Å²) in [6.07, 6.45) is 3.33. The van der Waals surface area contributed by atoms with Crippen LogP contribution in [0.1, 0.15) is 24.0 Å². The molecular formula is C25H17ClN4O4. The highest BCUT2D eigenvalue weighted by Gasteiger charge is 2.36. The van der Waals surface area contributed by atoms with Crippen molar-refractivity contribution in [3.63, 3.8) is 0 Å². The number of hydrogen-bond acceptors (Lipinski definition) is 6. The number of furan rings is 2. The number of hydrazone groups is 1. The van der Waals surface area contributed by atoms with Gasteiger partial charge in [0.25, 0.3) is 11.5 Å². The second kappa shape index (κ2) is 8.00. The van der Waals surface area contributed by atoms with Gasteiger partial charge >= 0.3 is 0 Å².